The second kappa shape index (κ2) is 9.14. The van der Waals surface area contributed by atoms with Crippen molar-refractivity contribution in [2.75, 3.05) is 45.3 Å². The maximum Gasteiger partial charge on any atom is 0.142 e. The third-order valence-electron chi connectivity index (χ3n) is 5.76. The Kier molecular flexibility index (Phi) is 6.62. The third kappa shape index (κ3) is 4.38. The SMILES string of the molecule is CCNCC1(c2cccc(OC)c2)CCCN(c2ccccc2OC)CC1. The first-order valence-electron chi connectivity index (χ1n) is 9.95. The van der Waals surface area contributed by atoms with Crippen LogP contribution >= 0.6 is 0 Å². The molecule has 0 saturated carbocycles. The zero-order chi connectivity index (χ0) is 19.1. The van der Waals surface area contributed by atoms with Gasteiger partial charge in [-0.2, -0.15) is 0 Å². The van der Waals surface area contributed by atoms with E-state index < -0.39 is 0 Å². The predicted octanol–water partition coefficient (Wildman–Crippen LogP) is 4.24. The van der Waals surface area contributed by atoms with E-state index in [1.807, 2.05) is 18.2 Å². The van der Waals surface area contributed by atoms with Gasteiger partial charge in [0.1, 0.15) is 11.5 Å². The van der Waals surface area contributed by atoms with Crippen LogP contribution in [0.25, 0.3) is 0 Å². The molecule has 1 saturated heterocycles. The molecule has 1 fully saturated rings. The van der Waals surface area contributed by atoms with Crippen LogP contribution in [-0.4, -0.2) is 40.4 Å². The molecule has 1 N–H and O–H groups in total. The number of anilines is 1. The maximum atomic E-state index is 5.60. The van der Waals surface area contributed by atoms with Crippen LogP contribution in [0.1, 0.15) is 31.7 Å². The molecule has 4 nitrogen and oxygen atoms in total. The molecule has 27 heavy (non-hydrogen) atoms. The Morgan fingerprint density at radius 3 is 2.63 bits per heavy atom. The second-order valence-corrected chi connectivity index (χ2v) is 7.31. The lowest BCUT2D eigenvalue weighted by Crippen LogP contribution is -2.39. The fourth-order valence-corrected chi connectivity index (χ4v) is 4.21. The van der Waals surface area contributed by atoms with Crippen LogP contribution in [0.2, 0.25) is 0 Å². The van der Waals surface area contributed by atoms with Crippen molar-refractivity contribution in [2.45, 2.75) is 31.6 Å². The average molecular weight is 369 g/mol. The van der Waals surface area contributed by atoms with Gasteiger partial charge < -0.3 is 19.7 Å². The first-order valence-corrected chi connectivity index (χ1v) is 9.95. The molecule has 2 aromatic rings. The van der Waals surface area contributed by atoms with Crippen LogP contribution in [-0.2, 0) is 5.41 Å². The molecule has 1 heterocycles. The van der Waals surface area contributed by atoms with Gasteiger partial charge in [-0.1, -0.05) is 31.2 Å². The summed E-state index contributed by atoms with van der Waals surface area (Å²) in [5.41, 5.74) is 2.70. The molecule has 1 aliphatic rings. The zero-order valence-corrected chi connectivity index (χ0v) is 16.8. The van der Waals surface area contributed by atoms with E-state index in [1.54, 1.807) is 14.2 Å². The van der Waals surface area contributed by atoms with Gasteiger partial charge in [0.25, 0.3) is 0 Å². The van der Waals surface area contributed by atoms with E-state index in [9.17, 15) is 0 Å². The number of methoxy groups -OCH3 is 2. The van der Waals surface area contributed by atoms with Gasteiger partial charge >= 0.3 is 0 Å². The molecule has 1 atom stereocenters. The molecule has 0 bridgehead atoms. The lowest BCUT2D eigenvalue weighted by molar-refractivity contribution is 0.356. The smallest absolute Gasteiger partial charge is 0.142 e. The van der Waals surface area contributed by atoms with Gasteiger partial charge in [0.2, 0.25) is 0 Å². The molecule has 146 valence electrons. The van der Waals surface area contributed by atoms with Crippen LogP contribution in [0.4, 0.5) is 5.69 Å². The molecule has 0 radical (unpaired) electrons. The highest BCUT2D eigenvalue weighted by molar-refractivity contribution is 5.58. The quantitative estimate of drug-likeness (QED) is 0.792. The number of para-hydroxylation sites is 2. The molecule has 4 heteroatoms. The highest BCUT2D eigenvalue weighted by Crippen LogP contribution is 2.39. The minimum absolute atomic E-state index is 0.126. The number of nitrogens with zero attached hydrogens (tertiary/aromatic N) is 1. The van der Waals surface area contributed by atoms with E-state index in [0.717, 1.165) is 50.5 Å². The van der Waals surface area contributed by atoms with Crippen molar-refractivity contribution in [3.05, 3.63) is 54.1 Å². The summed E-state index contributed by atoms with van der Waals surface area (Å²) >= 11 is 0. The Bertz CT molecular complexity index is 734. The molecule has 3 rings (SSSR count). The van der Waals surface area contributed by atoms with Gasteiger partial charge in [-0.3, -0.25) is 0 Å². The standard InChI is InChI=1S/C23H32N2O2/c1-4-24-18-23(19-9-7-10-20(17-19)26-2)13-8-15-25(16-14-23)21-11-5-6-12-22(21)27-3/h5-7,9-12,17,24H,4,8,13-16,18H2,1-3H3. The largest absolute Gasteiger partial charge is 0.497 e. The van der Waals surface area contributed by atoms with E-state index in [4.69, 9.17) is 9.47 Å². The molecular formula is C23H32N2O2. The summed E-state index contributed by atoms with van der Waals surface area (Å²) in [6, 6.07) is 17.0. The molecule has 0 amide bonds. The minimum atomic E-state index is 0.126. The Labute approximate surface area is 163 Å². The first kappa shape index (κ1) is 19.6. The molecular weight excluding hydrogens is 336 g/mol. The van der Waals surface area contributed by atoms with Gasteiger partial charge in [0.05, 0.1) is 19.9 Å². The van der Waals surface area contributed by atoms with Crippen molar-refractivity contribution >= 4 is 5.69 Å². The molecule has 0 spiro atoms. The van der Waals surface area contributed by atoms with Crippen molar-refractivity contribution < 1.29 is 9.47 Å². The highest BCUT2D eigenvalue weighted by Gasteiger charge is 2.34. The van der Waals surface area contributed by atoms with Gasteiger partial charge in [-0.15, -0.1) is 0 Å². The van der Waals surface area contributed by atoms with Crippen LogP contribution in [0.3, 0.4) is 0 Å². The van der Waals surface area contributed by atoms with Crippen LogP contribution in [0.15, 0.2) is 48.5 Å². The Hall–Kier alpha value is -2.20. The van der Waals surface area contributed by atoms with Crippen molar-refractivity contribution in [1.82, 2.24) is 5.32 Å². The number of hydrogen-bond acceptors (Lipinski definition) is 4. The fourth-order valence-electron chi connectivity index (χ4n) is 4.21. The molecule has 1 unspecified atom stereocenters. The van der Waals surface area contributed by atoms with E-state index in [-0.39, 0.29) is 5.41 Å². The van der Waals surface area contributed by atoms with Crippen molar-refractivity contribution in [3.63, 3.8) is 0 Å². The lowest BCUT2D eigenvalue weighted by atomic mass is 9.74. The van der Waals surface area contributed by atoms with E-state index in [2.05, 4.69) is 47.5 Å². The second-order valence-electron chi connectivity index (χ2n) is 7.31. The fraction of sp³-hybridized carbons (Fsp3) is 0.478. The summed E-state index contributed by atoms with van der Waals surface area (Å²) in [5, 5.41) is 3.62. The summed E-state index contributed by atoms with van der Waals surface area (Å²) in [7, 11) is 3.49. The summed E-state index contributed by atoms with van der Waals surface area (Å²) in [6.45, 7) is 6.23. The number of hydrogen-bond donors (Lipinski definition) is 1. The number of rotatable bonds is 7. The number of likely N-dealkylation sites (N-methyl/N-ethyl adjacent to an activating group) is 1. The Morgan fingerprint density at radius 1 is 1.00 bits per heavy atom. The van der Waals surface area contributed by atoms with Crippen molar-refractivity contribution in [1.29, 1.82) is 0 Å². The molecule has 2 aromatic carbocycles. The van der Waals surface area contributed by atoms with Gasteiger partial charge in [0.15, 0.2) is 0 Å². The third-order valence-corrected chi connectivity index (χ3v) is 5.76. The highest BCUT2D eigenvalue weighted by atomic mass is 16.5. The van der Waals surface area contributed by atoms with Crippen LogP contribution < -0.4 is 19.7 Å². The van der Waals surface area contributed by atoms with Gasteiger partial charge in [-0.05, 0) is 55.6 Å². The monoisotopic (exact) mass is 368 g/mol. The number of nitrogens with one attached hydrogen (secondary N) is 1. The first-order chi connectivity index (χ1) is 13.2. The van der Waals surface area contributed by atoms with Crippen molar-refractivity contribution in [2.24, 2.45) is 0 Å². The van der Waals surface area contributed by atoms with Gasteiger partial charge in [0, 0.05) is 25.0 Å². The summed E-state index contributed by atoms with van der Waals surface area (Å²) in [4.78, 5) is 2.48. The Morgan fingerprint density at radius 2 is 1.85 bits per heavy atom. The Balaban J connectivity index is 1.88. The summed E-state index contributed by atoms with van der Waals surface area (Å²) in [6.07, 6.45) is 3.42. The number of benzene rings is 2. The van der Waals surface area contributed by atoms with E-state index >= 15 is 0 Å². The van der Waals surface area contributed by atoms with E-state index in [0.29, 0.717) is 0 Å². The summed E-state index contributed by atoms with van der Waals surface area (Å²) < 4.78 is 11.1. The van der Waals surface area contributed by atoms with Crippen molar-refractivity contribution in [3.8, 4) is 11.5 Å². The minimum Gasteiger partial charge on any atom is -0.497 e. The summed E-state index contributed by atoms with van der Waals surface area (Å²) in [5.74, 6) is 1.90. The maximum absolute atomic E-state index is 5.60. The number of ether oxygens (including phenoxy) is 2. The van der Waals surface area contributed by atoms with Crippen LogP contribution in [0.5, 0.6) is 11.5 Å². The van der Waals surface area contributed by atoms with E-state index in [1.165, 1.54) is 17.7 Å². The normalized spacial score (nSPS) is 20.2. The average Bonchev–Trinajstić information content (AvgIpc) is 2.96. The predicted molar refractivity (Wildman–Crippen MR) is 112 cm³/mol. The lowest BCUT2D eigenvalue weighted by Gasteiger charge is -2.34. The zero-order valence-electron chi connectivity index (χ0n) is 16.8. The van der Waals surface area contributed by atoms with Gasteiger partial charge in [-0.25, -0.2) is 0 Å². The van der Waals surface area contributed by atoms with Crippen LogP contribution in [0, 0.1) is 0 Å². The molecule has 0 aromatic heterocycles. The topological polar surface area (TPSA) is 33.7 Å². The molecule has 0 aliphatic carbocycles. The molecule has 1 aliphatic heterocycles.